The van der Waals surface area contributed by atoms with Crippen molar-refractivity contribution >= 4 is 5.91 Å². The van der Waals surface area contributed by atoms with Crippen molar-refractivity contribution in [3.63, 3.8) is 0 Å². The lowest BCUT2D eigenvalue weighted by Gasteiger charge is -2.27. The number of hydrogen-bond acceptors (Lipinski definition) is 4. The van der Waals surface area contributed by atoms with Gasteiger partial charge in [0.15, 0.2) is 0 Å². The molecule has 1 saturated carbocycles. The van der Waals surface area contributed by atoms with E-state index in [9.17, 15) is 4.79 Å². The van der Waals surface area contributed by atoms with Crippen LogP contribution in [0.4, 0.5) is 0 Å². The molecule has 0 unspecified atom stereocenters. The average molecular weight is 224 g/mol. The number of hydrogen-bond donors (Lipinski definition) is 2. The lowest BCUT2D eigenvalue weighted by molar-refractivity contribution is -0.115. The summed E-state index contributed by atoms with van der Waals surface area (Å²) in [5, 5.41) is 1.42. The zero-order chi connectivity index (χ0) is 11.5. The molecule has 0 spiro atoms. The van der Waals surface area contributed by atoms with Crippen LogP contribution in [-0.4, -0.2) is 29.0 Å². The van der Waals surface area contributed by atoms with Crippen molar-refractivity contribution in [2.75, 3.05) is 13.2 Å². The second-order valence-electron chi connectivity index (χ2n) is 4.77. The first-order valence-corrected chi connectivity index (χ1v) is 5.94. The van der Waals surface area contributed by atoms with Gasteiger partial charge < -0.3 is 10.6 Å². The van der Waals surface area contributed by atoms with Gasteiger partial charge in [-0.25, -0.2) is 5.84 Å². The molecule has 1 heterocycles. The molecule has 0 bridgehead atoms. The first kappa shape index (κ1) is 11.3. The first-order chi connectivity index (χ1) is 7.66. The Kier molecular flexibility index (Phi) is 3.33. The van der Waals surface area contributed by atoms with Crippen molar-refractivity contribution in [2.45, 2.75) is 32.1 Å². The normalized spacial score (nSPS) is 22.4. The summed E-state index contributed by atoms with van der Waals surface area (Å²) in [4.78, 5) is 13.1. The summed E-state index contributed by atoms with van der Waals surface area (Å²) >= 11 is 0. The molecule has 5 nitrogen and oxygen atoms in total. The number of rotatable bonds is 3. The van der Waals surface area contributed by atoms with Crippen molar-refractivity contribution < 1.29 is 4.79 Å². The number of carbonyl (C=O) groups excluding carboxylic acids is 1. The summed E-state index contributed by atoms with van der Waals surface area (Å²) in [6, 6.07) is 0. The third-order valence-electron chi connectivity index (χ3n) is 3.42. The molecule has 90 valence electrons. The fraction of sp³-hybridized carbons (Fsp3) is 0.727. The van der Waals surface area contributed by atoms with E-state index in [1.54, 1.807) is 6.20 Å². The lowest BCUT2D eigenvalue weighted by atomic mass is 9.89. The molecule has 0 saturated heterocycles. The van der Waals surface area contributed by atoms with Gasteiger partial charge in [-0.15, -0.1) is 0 Å². The first-order valence-electron chi connectivity index (χ1n) is 5.94. The molecule has 0 aromatic rings. The summed E-state index contributed by atoms with van der Waals surface area (Å²) < 4.78 is 0. The van der Waals surface area contributed by atoms with Gasteiger partial charge in [-0.2, -0.15) is 0 Å². The number of carbonyl (C=O) groups is 1. The van der Waals surface area contributed by atoms with Gasteiger partial charge in [-0.05, 0) is 18.8 Å². The monoisotopic (exact) mass is 224 g/mol. The molecule has 4 N–H and O–H groups in total. The Balaban J connectivity index is 1.89. The van der Waals surface area contributed by atoms with Gasteiger partial charge >= 0.3 is 0 Å². The van der Waals surface area contributed by atoms with Crippen LogP contribution in [0.3, 0.4) is 0 Å². The highest BCUT2D eigenvalue weighted by atomic mass is 16.1. The van der Waals surface area contributed by atoms with Gasteiger partial charge in [-0.1, -0.05) is 19.3 Å². The molecule has 0 radical (unpaired) electrons. The molecular formula is C11H20N4O. The van der Waals surface area contributed by atoms with Crippen LogP contribution in [0.5, 0.6) is 0 Å². The average Bonchev–Trinajstić information content (AvgIpc) is 2.61. The summed E-state index contributed by atoms with van der Waals surface area (Å²) in [7, 11) is 0. The van der Waals surface area contributed by atoms with Gasteiger partial charge in [0.2, 0.25) is 0 Å². The minimum absolute atomic E-state index is 0.413. The van der Waals surface area contributed by atoms with E-state index < -0.39 is 5.91 Å². The van der Waals surface area contributed by atoms with Crippen LogP contribution in [0.2, 0.25) is 0 Å². The largest absolute Gasteiger partial charge is 0.364 e. The van der Waals surface area contributed by atoms with E-state index in [1.807, 2.05) is 0 Å². The van der Waals surface area contributed by atoms with Gasteiger partial charge in [0.05, 0.1) is 0 Å². The molecule has 16 heavy (non-hydrogen) atoms. The maximum atomic E-state index is 11.1. The van der Waals surface area contributed by atoms with E-state index >= 15 is 0 Å². The molecule has 1 aliphatic heterocycles. The van der Waals surface area contributed by atoms with Crippen LogP contribution in [0.15, 0.2) is 11.9 Å². The van der Waals surface area contributed by atoms with Crippen LogP contribution < -0.4 is 11.6 Å². The molecule has 1 fully saturated rings. The number of nitrogens with zero attached hydrogens (tertiary/aromatic N) is 2. The van der Waals surface area contributed by atoms with Gasteiger partial charge in [-0.3, -0.25) is 9.80 Å². The standard InChI is InChI=1S/C11H20N4O/c12-11(16)10-7-14(8-15(10)13)6-9-4-2-1-3-5-9/h7,9H,1-6,8,13H2,(H2,12,16). The van der Waals surface area contributed by atoms with Gasteiger partial charge in [0, 0.05) is 12.7 Å². The van der Waals surface area contributed by atoms with Crippen molar-refractivity contribution in [1.82, 2.24) is 9.91 Å². The van der Waals surface area contributed by atoms with Crippen LogP contribution in [0.1, 0.15) is 32.1 Å². The maximum absolute atomic E-state index is 11.1. The summed E-state index contributed by atoms with van der Waals surface area (Å²) in [5.41, 5.74) is 5.64. The summed E-state index contributed by atoms with van der Waals surface area (Å²) in [5.74, 6) is 5.99. The van der Waals surface area contributed by atoms with E-state index in [-0.39, 0.29) is 0 Å². The maximum Gasteiger partial charge on any atom is 0.267 e. The van der Waals surface area contributed by atoms with E-state index in [2.05, 4.69) is 4.90 Å². The lowest BCUT2D eigenvalue weighted by Crippen LogP contribution is -2.37. The fourth-order valence-corrected chi connectivity index (χ4v) is 2.58. The van der Waals surface area contributed by atoms with Crippen molar-refractivity contribution in [3.05, 3.63) is 11.9 Å². The zero-order valence-electron chi connectivity index (χ0n) is 9.56. The highest BCUT2D eigenvalue weighted by Crippen LogP contribution is 2.25. The molecule has 1 amide bonds. The van der Waals surface area contributed by atoms with Crippen LogP contribution in [0.25, 0.3) is 0 Å². The van der Waals surface area contributed by atoms with Crippen molar-refractivity contribution in [2.24, 2.45) is 17.5 Å². The Morgan fingerprint density at radius 1 is 1.38 bits per heavy atom. The molecule has 0 aromatic carbocycles. The SMILES string of the molecule is NC(=O)C1=CN(CC2CCCCC2)CN1N. The van der Waals surface area contributed by atoms with Crippen LogP contribution in [0, 0.1) is 5.92 Å². The third kappa shape index (κ3) is 2.47. The number of primary amides is 1. The number of amides is 1. The fourth-order valence-electron chi connectivity index (χ4n) is 2.58. The van der Waals surface area contributed by atoms with E-state index in [1.165, 1.54) is 37.1 Å². The van der Waals surface area contributed by atoms with E-state index in [0.29, 0.717) is 12.4 Å². The summed E-state index contributed by atoms with van der Waals surface area (Å²) in [6.07, 6.45) is 8.40. The highest BCUT2D eigenvalue weighted by Gasteiger charge is 2.24. The molecule has 1 aliphatic carbocycles. The predicted octanol–water partition coefficient (Wildman–Crippen LogP) is 0.342. The topological polar surface area (TPSA) is 75.6 Å². The molecule has 2 aliphatic rings. The Labute approximate surface area is 96.0 Å². The Bertz CT molecular complexity index is 296. The minimum Gasteiger partial charge on any atom is -0.364 e. The van der Waals surface area contributed by atoms with Gasteiger partial charge in [0.25, 0.3) is 5.91 Å². The third-order valence-corrected chi connectivity index (χ3v) is 3.42. The molecule has 5 heteroatoms. The molecular weight excluding hydrogens is 204 g/mol. The number of nitrogens with two attached hydrogens (primary N) is 2. The van der Waals surface area contributed by atoms with E-state index in [4.69, 9.17) is 11.6 Å². The molecule has 2 rings (SSSR count). The Morgan fingerprint density at radius 3 is 2.62 bits per heavy atom. The number of hydrazine groups is 1. The Hall–Kier alpha value is -1.23. The van der Waals surface area contributed by atoms with Gasteiger partial charge in [0.1, 0.15) is 12.4 Å². The highest BCUT2D eigenvalue weighted by molar-refractivity contribution is 5.91. The quantitative estimate of drug-likeness (QED) is 0.678. The smallest absolute Gasteiger partial charge is 0.267 e. The molecule has 0 atom stereocenters. The van der Waals surface area contributed by atoms with Crippen LogP contribution >= 0.6 is 0 Å². The minimum atomic E-state index is -0.450. The second kappa shape index (κ2) is 4.74. The summed E-state index contributed by atoms with van der Waals surface area (Å²) in [6.45, 7) is 1.57. The van der Waals surface area contributed by atoms with Crippen LogP contribution in [-0.2, 0) is 4.79 Å². The predicted molar refractivity (Wildman–Crippen MR) is 61.5 cm³/mol. The Morgan fingerprint density at radius 2 is 2.06 bits per heavy atom. The van der Waals surface area contributed by atoms with Crippen molar-refractivity contribution in [1.29, 1.82) is 0 Å². The van der Waals surface area contributed by atoms with Crippen molar-refractivity contribution in [3.8, 4) is 0 Å². The van der Waals surface area contributed by atoms with E-state index in [0.717, 1.165) is 12.5 Å². The zero-order valence-corrected chi connectivity index (χ0v) is 9.56. The molecule has 0 aromatic heterocycles. The second-order valence-corrected chi connectivity index (χ2v) is 4.77.